The summed E-state index contributed by atoms with van der Waals surface area (Å²) in [5.41, 5.74) is 7.60. The number of carbonyl (C=O) groups is 1. The van der Waals surface area contributed by atoms with Gasteiger partial charge in [-0.25, -0.2) is 0 Å². The third kappa shape index (κ3) is 2.29. The van der Waals surface area contributed by atoms with Gasteiger partial charge in [0.1, 0.15) is 0 Å². The summed E-state index contributed by atoms with van der Waals surface area (Å²) in [6.07, 6.45) is 0.133. The Bertz CT molecular complexity index is 321. The second kappa shape index (κ2) is 4.05. The van der Waals surface area contributed by atoms with Crippen LogP contribution in [0.25, 0.3) is 0 Å². The van der Waals surface area contributed by atoms with Crippen LogP contribution in [0.5, 0.6) is 0 Å². The van der Waals surface area contributed by atoms with Crippen molar-refractivity contribution in [2.24, 2.45) is 0 Å². The highest BCUT2D eigenvalue weighted by Gasteiger charge is 2.08. The fourth-order valence-corrected chi connectivity index (χ4v) is 1.15. The van der Waals surface area contributed by atoms with Crippen molar-refractivity contribution in [3.05, 3.63) is 29.3 Å². The van der Waals surface area contributed by atoms with E-state index in [1.54, 1.807) is 12.1 Å². The second-order valence-corrected chi connectivity index (χ2v) is 2.99. The lowest BCUT2D eigenvalue weighted by Gasteiger charge is -2.04. The van der Waals surface area contributed by atoms with Crippen LogP contribution >= 0.6 is 0 Å². The Hall–Kier alpha value is -1.35. The van der Waals surface area contributed by atoms with E-state index in [0.29, 0.717) is 11.3 Å². The molecule has 0 fully saturated rings. The van der Waals surface area contributed by atoms with Gasteiger partial charge in [0, 0.05) is 17.7 Å². The Morgan fingerprint density at radius 2 is 2.23 bits per heavy atom. The van der Waals surface area contributed by atoms with Crippen LogP contribution in [0.1, 0.15) is 22.3 Å². The van der Waals surface area contributed by atoms with Crippen LogP contribution in [0.15, 0.2) is 18.2 Å². The number of Topliss-reactive ketones (excluding diaryl/α,β-unsaturated/α-hetero) is 1. The van der Waals surface area contributed by atoms with E-state index >= 15 is 0 Å². The van der Waals surface area contributed by atoms with Crippen LogP contribution in [0.4, 0.5) is 5.69 Å². The van der Waals surface area contributed by atoms with Crippen LogP contribution in [0, 0.1) is 6.92 Å². The molecule has 0 bridgehead atoms. The molecular weight excluding hydrogens is 166 g/mol. The highest BCUT2D eigenvalue weighted by atomic mass is 16.3. The number of carbonyl (C=O) groups excluding carboxylic acids is 1. The maximum Gasteiger partial charge on any atom is 0.167 e. The molecule has 1 aromatic rings. The molecular formula is C10H13NO2. The van der Waals surface area contributed by atoms with Crippen LogP contribution in [0.3, 0.4) is 0 Å². The zero-order valence-corrected chi connectivity index (χ0v) is 7.58. The van der Waals surface area contributed by atoms with Gasteiger partial charge in [0.05, 0.1) is 6.61 Å². The van der Waals surface area contributed by atoms with Crippen LogP contribution < -0.4 is 5.73 Å². The Labute approximate surface area is 77.2 Å². The van der Waals surface area contributed by atoms with E-state index in [1.165, 1.54) is 0 Å². The van der Waals surface area contributed by atoms with Gasteiger partial charge in [0.25, 0.3) is 0 Å². The molecule has 0 aliphatic carbocycles. The lowest BCUT2D eigenvalue weighted by atomic mass is 10.0. The molecule has 0 saturated carbocycles. The normalized spacial score (nSPS) is 10.0. The van der Waals surface area contributed by atoms with Gasteiger partial charge in [-0.05, 0) is 19.1 Å². The van der Waals surface area contributed by atoms with Gasteiger partial charge in [-0.2, -0.15) is 0 Å². The topological polar surface area (TPSA) is 63.3 Å². The minimum Gasteiger partial charge on any atom is -0.398 e. The molecule has 70 valence electrons. The third-order valence-corrected chi connectivity index (χ3v) is 1.85. The summed E-state index contributed by atoms with van der Waals surface area (Å²) in [6, 6.07) is 5.30. The largest absolute Gasteiger partial charge is 0.398 e. The highest BCUT2D eigenvalue weighted by Crippen LogP contribution is 2.15. The number of ketones is 1. The second-order valence-electron chi connectivity index (χ2n) is 2.99. The number of rotatable bonds is 3. The number of anilines is 1. The number of benzene rings is 1. The van der Waals surface area contributed by atoms with Crippen LogP contribution in [-0.4, -0.2) is 17.5 Å². The first-order chi connectivity index (χ1) is 6.15. The molecule has 0 unspecified atom stereocenters. The van der Waals surface area contributed by atoms with Crippen molar-refractivity contribution in [2.75, 3.05) is 12.3 Å². The van der Waals surface area contributed by atoms with E-state index in [1.807, 2.05) is 13.0 Å². The van der Waals surface area contributed by atoms with Crippen molar-refractivity contribution in [1.29, 1.82) is 0 Å². The Morgan fingerprint density at radius 1 is 1.54 bits per heavy atom. The summed E-state index contributed by atoms with van der Waals surface area (Å²) in [6.45, 7) is 1.77. The maximum atomic E-state index is 11.4. The van der Waals surface area contributed by atoms with Gasteiger partial charge < -0.3 is 10.8 Å². The minimum atomic E-state index is -0.133. The molecule has 0 amide bonds. The lowest BCUT2D eigenvalue weighted by molar-refractivity contribution is 0.0957. The quantitative estimate of drug-likeness (QED) is 0.540. The maximum absolute atomic E-state index is 11.4. The van der Waals surface area contributed by atoms with E-state index in [4.69, 9.17) is 10.8 Å². The van der Waals surface area contributed by atoms with Gasteiger partial charge in [-0.3, -0.25) is 4.79 Å². The van der Waals surface area contributed by atoms with Crippen LogP contribution in [0.2, 0.25) is 0 Å². The summed E-state index contributed by atoms with van der Waals surface area (Å²) in [4.78, 5) is 11.4. The van der Waals surface area contributed by atoms with E-state index < -0.39 is 0 Å². The molecule has 0 heterocycles. The number of aryl methyl sites for hydroxylation is 1. The van der Waals surface area contributed by atoms with Gasteiger partial charge in [-0.15, -0.1) is 0 Å². The predicted octanol–water partition coefficient (Wildman–Crippen LogP) is 1.14. The molecule has 13 heavy (non-hydrogen) atoms. The molecule has 0 aliphatic heterocycles. The zero-order chi connectivity index (χ0) is 9.84. The summed E-state index contributed by atoms with van der Waals surface area (Å²) in [5.74, 6) is -0.108. The molecule has 3 heteroatoms. The Balaban J connectivity index is 2.99. The summed E-state index contributed by atoms with van der Waals surface area (Å²) >= 11 is 0. The van der Waals surface area contributed by atoms with Gasteiger partial charge in [0.2, 0.25) is 0 Å². The van der Waals surface area contributed by atoms with Crippen molar-refractivity contribution in [2.45, 2.75) is 13.3 Å². The summed E-state index contributed by atoms with van der Waals surface area (Å²) < 4.78 is 0. The number of hydrogen-bond acceptors (Lipinski definition) is 3. The first-order valence-corrected chi connectivity index (χ1v) is 4.15. The van der Waals surface area contributed by atoms with E-state index in [9.17, 15) is 4.79 Å². The SMILES string of the molecule is Cc1ccc(N)c(C(=O)CCO)c1. The molecule has 0 aromatic heterocycles. The number of nitrogens with two attached hydrogens (primary N) is 1. The van der Waals surface area contributed by atoms with E-state index in [0.717, 1.165) is 5.56 Å². The molecule has 1 aromatic carbocycles. The van der Waals surface area contributed by atoms with E-state index in [2.05, 4.69) is 0 Å². The van der Waals surface area contributed by atoms with E-state index in [-0.39, 0.29) is 18.8 Å². The fraction of sp³-hybridized carbons (Fsp3) is 0.300. The van der Waals surface area contributed by atoms with Crippen molar-refractivity contribution >= 4 is 11.5 Å². The van der Waals surface area contributed by atoms with Gasteiger partial charge in [-0.1, -0.05) is 11.6 Å². The predicted molar refractivity (Wildman–Crippen MR) is 51.6 cm³/mol. The minimum absolute atomic E-state index is 0.108. The standard InChI is InChI=1S/C10H13NO2/c1-7-2-3-9(11)8(6-7)10(13)4-5-12/h2-3,6,12H,4-5,11H2,1H3. The molecule has 0 spiro atoms. The molecule has 0 radical (unpaired) electrons. The number of aliphatic hydroxyl groups is 1. The van der Waals surface area contributed by atoms with Crippen molar-refractivity contribution in [3.63, 3.8) is 0 Å². The molecule has 1 rings (SSSR count). The number of nitrogen functional groups attached to an aromatic ring is 1. The summed E-state index contributed by atoms with van der Waals surface area (Å²) in [7, 11) is 0. The van der Waals surface area contributed by atoms with Crippen molar-refractivity contribution in [1.82, 2.24) is 0 Å². The molecule has 3 nitrogen and oxygen atoms in total. The summed E-state index contributed by atoms with van der Waals surface area (Å²) in [5, 5.41) is 8.60. The monoisotopic (exact) mass is 179 g/mol. The highest BCUT2D eigenvalue weighted by molar-refractivity contribution is 6.00. The lowest BCUT2D eigenvalue weighted by Crippen LogP contribution is -2.05. The molecule has 0 saturated heterocycles. The smallest absolute Gasteiger partial charge is 0.167 e. The first-order valence-electron chi connectivity index (χ1n) is 4.15. The zero-order valence-electron chi connectivity index (χ0n) is 7.58. The van der Waals surface area contributed by atoms with Gasteiger partial charge >= 0.3 is 0 Å². The average Bonchev–Trinajstić information content (AvgIpc) is 2.09. The van der Waals surface area contributed by atoms with Crippen LogP contribution in [-0.2, 0) is 0 Å². The first kappa shape index (κ1) is 9.74. The Kier molecular flexibility index (Phi) is 3.03. The fourth-order valence-electron chi connectivity index (χ4n) is 1.15. The van der Waals surface area contributed by atoms with Gasteiger partial charge in [0.15, 0.2) is 5.78 Å². The molecule has 0 atom stereocenters. The molecule has 3 N–H and O–H groups in total. The van der Waals surface area contributed by atoms with Crippen molar-refractivity contribution < 1.29 is 9.90 Å². The third-order valence-electron chi connectivity index (χ3n) is 1.85. The molecule has 0 aliphatic rings. The number of aliphatic hydroxyl groups excluding tert-OH is 1. The number of hydrogen-bond donors (Lipinski definition) is 2. The average molecular weight is 179 g/mol. The Morgan fingerprint density at radius 3 is 2.85 bits per heavy atom. The van der Waals surface area contributed by atoms with Crippen molar-refractivity contribution in [3.8, 4) is 0 Å².